The van der Waals surface area contributed by atoms with Gasteiger partial charge in [0.05, 0.1) is 0 Å². The lowest BCUT2D eigenvalue weighted by Crippen LogP contribution is -2.30. The SMILES string of the molecule is CC(=O)Nc1scc(-c2cccs2)c1C(=O)O[C@@H](C)C(=O)Nc1ccccc1. The van der Waals surface area contributed by atoms with Crippen LogP contribution < -0.4 is 10.6 Å². The third-order valence-electron chi connectivity index (χ3n) is 3.77. The second kappa shape index (κ2) is 8.81. The summed E-state index contributed by atoms with van der Waals surface area (Å²) in [6, 6.07) is 12.7. The van der Waals surface area contributed by atoms with Crippen molar-refractivity contribution < 1.29 is 19.1 Å². The first-order valence-corrected chi connectivity index (χ1v) is 10.2. The predicted molar refractivity (Wildman–Crippen MR) is 112 cm³/mol. The lowest BCUT2D eigenvalue weighted by atomic mass is 10.1. The molecule has 0 aliphatic heterocycles. The first-order chi connectivity index (χ1) is 13.5. The minimum atomic E-state index is -1.01. The molecule has 0 saturated heterocycles. The Morgan fingerprint density at radius 3 is 2.39 bits per heavy atom. The van der Waals surface area contributed by atoms with Crippen molar-refractivity contribution in [2.45, 2.75) is 20.0 Å². The van der Waals surface area contributed by atoms with Crippen molar-refractivity contribution in [1.82, 2.24) is 0 Å². The van der Waals surface area contributed by atoms with Gasteiger partial charge in [-0.15, -0.1) is 22.7 Å². The number of nitrogens with one attached hydrogen (secondary N) is 2. The summed E-state index contributed by atoms with van der Waals surface area (Å²) in [7, 11) is 0. The number of carbonyl (C=O) groups is 3. The molecule has 2 aromatic heterocycles. The van der Waals surface area contributed by atoms with Gasteiger partial charge in [0.1, 0.15) is 10.6 Å². The van der Waals surface area contributed by atoms with Gasteiger partial charge in [0.25, 0.3) is 5.91 Å². The third-order valence-corrected chi connectivity index (χ3v) is 5.56. The van der Waals surface area contributed by atoms with Crippen LogP contribution in [0.25, 0.3) is 10.4 Å². The molecule has 6 nitrogen and oxygen atoms in total. The number of hydrogen-bond acceptors (Lipinski definition) is 6. The molecule has 0 radical (unpaired) electrons. The van der Waals surface area contributed by atoms with E-state index in [2.05, 4.69) is 10.6 Å². The number of thiophene rings is 2. The van der Waals surface area contributed by atoms with E-state index in [0.717, 1.165) is 4.88 Å². The van der Waals surface area contributed by atoms with Gasteiger partial charge in [0, 0.05) is 28.4 Å². The minimum absolute atomic E-state index is 0.252. The number of anilines is 2. The summed E-state index contributed by atoms with van der Waals surface area (Å²) >= 11 is 2.72. The molecular formula is C20H18N2O4S2. The summed E-state index contributed by atoms with van der Waals surface area (Å²) in [6.07, 6.45) is -1.01. The Morgan fingerprint density at radius 1 is 1.00 bits per heavy atom. The molecular weight excluding hydrogens is 396 g/mol. The molecule has 2 amide bonds. The molecule has 0 unspecified atom stereocenters. The quantitative estimate of drug-likeness (QED) is 0.577. The Kier molecular flexibility index (Phi) is 6.23. The maximum Gasteiger partial charge on any atom is 0.342 e. The Hall–Kier alpha value is -2.97. The zero-order chi connectivity index (χ0) is 20.1. The first kappa shape index (κ1) is 19.8. The van der Waals surface area contributed by atoms with Gasteiger partial charge in [0.15, 0.2) is 6.10 Å². The van der Waals surface area contributed by atoms with Gasteiger partial charge in [-0.25, -0.2) is 4.79 Å². The molecule has 0 aliphatic rings. The summed E-state index contributed by atoms with van der Waals surface area (Å²) in [5.41, 5.74) is 1.54. The molecule has 1 aromatic carbocycles. The monoisotopic (exact) mass is 414 g/mol. The number of benzene rings is 1. The molecule has 8 heteroatoms. The van der Waals surface area contributed by atoms with Gasteiger partial charge < -0.3 is 15.4 Å². The third kappa shape index (κ3) is 4.65. The van der Waals surface area contributed by atoms with Crippen LogP contribution in [-0.4, -0.2) is 23.9 Å². The second-order valence-electron chi connectivity index (χ2n) is 5.91. The van der Waals surface area contributed by atoms with E-state index in [-0.39, 0.29) is 11.5 Å². The van der Waals surface area contributed by atoms with Crippen LogP contribution in [0.5, 0.6) is 0 Å². The second-order valence-corrected chi connectivity index (χ2v) is 7.74. The van der Waals surface area contributed by atoms with Gasteiger partial charge in [-0.1, -0.05) is 24.3 Å². The van der Waals surface area contributed by atoms with Crippen LogP contribution in [0.15, 0.2) is 53.2 Å². The highest BCUT2D eigenvalue weighted by atomic mass is 32.1. The average Bonchev–Trinajstić information content (AvgIpc) is 3.31. The van der Waals surface area contributed by atoms with Gasteiger partial charge in [-0.2, -0.15) is 0 Å². The van der Waals surface area contributed by atoms with Crippen LogP contribution in [-0.2, 0) is 14.3 Å². The molecule has 2 heterocycles. The number of ether oxygens (including phenoxy) is 1. The Labute approximate surface area is 170 Å². The fourth-order valence-corrected chi connectivity index (χ4v) is 4.28. The van der Waals surface area contributed by atoms with E-state index in [1.54, 1.807) is 29.6 Å². The standard InChI is InChI=1S/C20H18N2O4S2/c1-12(18(24)22-14-7-4-3-5-8-14)26-20(25)17-15(16-9-6-10-27-16)11-28-19(17)21-13(2)23/h3-12H,1-2H3,(H,21,23)(H,22,24)/t12-/m0/s1. The largest absolute Gasteiger partial charge is 0.449 e. The summed E-state index contributed by atoms with van der Waals surface area (Å²) in [4.78, 5) is 37.6. The average molecular weight is 415 g/mol. The van der Waals surface area contributed by atoms with E-state index in [1.807, 2.05) is 23.6 Å². The van der Waals surface area contributed by atoms with E-state index in [0.29, 0.717) is 16.3 Å². The van der Waals surface area contributed by atoms with Gasteiger partial charge >= 0.3 is 5.97 Å². The Morgan fingerprint density at radius 2 is 1.75 bits per heavy atom. The number of para-hydroxylation sites is 1. The van der Waals surface area contributed by atoms with Crippen molar-refractivity contribution in [2.75, 3.05) is 10.6 Å². The van der Waals surface area contributed by atoms with Crippen LogP contribution in [0.2, 0.25) is 0 Å². The zero-order valence-corrected chi connectivity index (χ0v) is 16.9. The van der Waals surface area contributed by atoms with Gasteiger partial charge in [-0.3, -0.25) is 9.59 Å². The molecule has 0 aliphatic carbocycles. The van der Waals surface area contributed by atoms with Crippen molar-refractivity contribution in [2.24, 2.45) is 0 Å². The number of amides is 2. The molecule has 2 N–H and O–H groups in total. The van der Waals surface area contributed by atoms with Crippen molar-refractivity contribution in [3.63, 3.8) is 0 Å². The summed E-state index contributed by atoms with van der Waals surface area (Å²) < 4.78 is 5.40. The van der Waals surface area contributed by atoms with Crippen LogP contribution in [0.4, 0.5) is 10.7 Å². The Balaban J connectivity index is 1.80. The van der Waals surface area contributed by atoms with E-state index in [4.69, 9.17) is 4.74 Å². The smallest absolute Gasteiger partial charge is 0.342 e. The lowest BCUT2D eigenvalue weighted by molar-refractivity contribution is -0.123. The topological polar surface area (TPSA) is 84.5 Å². The van der Waals surface area contributed by atoms with Crippen LogP contribution in [0.1, 0.15) is 24.2 Å². The van der Waals surface area contributed by atoms with Crippen LogP contribution in [0, 0.1) is 0 Å². The maximum absolute atomic E-state index is 12.8. The first-order valence-electron chi connectivity index (χ1n) is 8.45. The molecule has 0 bridgehead atoms. The van der Waals surface area contributed by atoms with Crippen LogP contribution >= 0.6 is 22.7 Å². The van der Waals surface area contributed by atoms with E-state index in [1.165, 1.54) is 36.5 Å². The van der Waals surface area contributed by atoms with Gasteiger partial charge in [-0.05, 0) is 30.5 Å². The van der Waals surface area contributed by atoms with E-state index >= 15 is 0 Å². The maximum atomic E-state index is 12.8. The molecule has 0 saturated carbocycles. The fourth-order valence-electron chi connectivity index (χ4n) is 2.46. The molecule has 0 fully saturated rings. The molecule has 28 heavy (non-hydrogen) atoms. The molecule has 0 spiro atoms. The summed E-state index contributed by atoms with van der Waals surface area (Å²) in [6.45, 7) is 2.88. The van der Waals surface area contributed by atoms with E-state index in [9.17, 15) is 14.4 Å². The molecule has 3 aromatic rings. The number of carbonyl (C=O) groups excluding carboxylic acids is 3. The van der Waals surface area contributed by atoms with Crippen molar-refractivity contribution in [1.29, 1.82) is 0 Å². The predicted octanol–water partition coefficient (Wildman–Crippen LogP) is 4.62. The number of rotatable bonds is 6. The highest BCUT2D eigenvalue weighted by Gasteiger charge is 2.26. The van der Waals surface area contributed by atoms with Crippen molar-refractivity contribution in [3.05, 3.63) is 58.8 Å². The lowest BCUT2D eigenvalue weighted by Gasteiger charge is -2.14. The van der Waals surface area contributed by atoms with E-state index < -0.39 is 18.0 Å². The highest BCUT2D eigenvalue weighted by molar-refractivity contribution is 7.17. The van der Waals surface area contributed by atoms with Crippen molar-refractivity contribution in [3.8, 4) is 10.4 Å². The molecule has 144 valence electrons. The summed E-state index contributed by atoms with van der Waals surface area (Å²) in [5, 5.41) is 9.45. The zero-order valence-electron chi connectivity index (χ0n) is 15.2. The van der Waals surface area contributed by atoms with Crippen LogP contribution in [0.3, 0.4) is 0 Å². The minimum Gasteiger partial charge on any atom is -0.449 e. The number of hydrogen-bond donors (Lipinski definition) is 2. The Bertz CT molecular complexity index is 981. The summed E-state index contributed by atoms with van der Waals surface area (Å²) in [5.74, 6) is -1.39. The normalized spacial score (nSPS) is 11.5. The molecule has 1 atom stereocenters. The highest BCUT2D eigenvalue weighted by Crippen LogP contribution is 2.38. The fraction of sp³-hybridized carbons (Fsp3) is 0.150. The van der Waals surface area contributed by atoms with Crippen molar-refractivity contribution >= 4 is 51.1 Å². The van der Waals surface area contributed by atoms with Gasteiger partial charge in [0.2, 0.25) is 5.91 Å². The molecule has 3 rings (SSSR count). The number of esters is 1.